The van der Waals surface area contributed by atoms with Crippen LogP contribution in [0, 0.1) is 10.1 Å². The van der Waals surface area contributed by atoms with Crippen LogP contribution in [0.1, 0.15) is 35.3 Å². The van der Waals surface area contributed by atoms with Crippen LogP contribution in [0.25, 0.3) is 6.08 Å². The molecule has 0 atom stereocenters. The SMILES string of the molecule is CCN(CC)c1ccc(/C=C(/NC(=O)c2ccccc2)C(=O)NN=Cc2ccc(Br)c([N+](=O)[O-])c2)cc1. The summed E-state index contributed by atoms with van der Waals surface area (Å²) >= 11 is 3.13. The predicted octanol–water partition coefficient (Wildman–Crippen LogP) is 5.12. The molecule has 3 aromatic rings. The van der Waals surface area contributed by atoms with Crippen molar-refractivity contribution in [3.63, 3.8) is 0 Å². The normalized spacial score (nSPS) is 11.3. The van der Waals surface area contributed by atoms with Gasteiger partial charge in [-0.1, -0.05) is 36.4 Å². The summed E-state index contributed by atoms with van der Waals surface area (Å²) in [5.41, 5.74) is 4.81. The minimum atomic E-state index is -0.653. The maximum Gasteiger partial charge on any atom is 0.287 e. The van der Waals surface area contributed by atoms with Crippen LogP contribution >= 0.6 is 15.9 Å². The fourth-order valence-corrected chi connectivity index (χ4v) is 3.85. The van der Waals surface area contributed by atoms with Crippen molar-refractivity contribution < 1.29 is 14.5 Å². The largest absolute Gasteiger partial charge is 0.372 e. The van der Waals surface area contributed by atoms with E-state index in [9.17, 15) is 19.7 Å². The summed E-state index contributed by atoms with van der Waals surface area (Å²) in [6.45, 7) is 5.88. The Balaban J connectivity index is 1.83. The van der Waals surface area contributed by atoms with Crippen molar-refractivity contribution in [2.75, 3.05) is 18.0 Å². The lowest BCUT2D eigenvalue weighted by Crippen LogP contribution is -2.32. The zero-order chi connectivity index (χ0) is 26.8. The molecule has 0 aliphatic rings. The molecule has 0 radical (unpaired) electrons. The summed E-state index contributed by atoms with van der Waals surface area (Å²) in [6.07, 6.45) is 2.84. The maximum absolute atomic E-state index is 13.0. The average molecular weight is 564 g/mol. The van der Waals surface area contributed by atoms with Crippen molar-refractivity contribution in [2.24, 2.45) is 5.10 Å². The monoisotopic (exact) mass is 563 g/mol. The number of nitro groups is 1. The molecule has 3 rings (SSSR count). The van der Waals surface area contributed by atoms with Gasteiger partial charge in [0, 0.05) is 36.0 Å². The summed E-state index contributed by atoms with van der Waals surface area (Å²) in [7, 11) is 0. The lowest BCUT2D eigenvalue weighted by molar-refractivity contribution is -0.385. The Bertz CT molecular complexity index is 1320. The van der Waals surface area contributed by atoms with Crippen LogP contribution in [0.3, 0.4) is 0 Å². The first-order chi connectivity index (χ1) is 17.8. The number of hydrazone groups is 1. The average Bonchev–Trinajstić information content (AvgIpc) is 2.91. The molecule has 0 aliphatic carbocycles. The van der Waals surface area contributed by atoms with Crippen LogP contribution in [0.2, 0.25) is 0 Å². The first kappa shape index (κ1) is 27.3. The molecule has 0 heterocycles. The zero-order valence-corrected chi connectivity index (χ0v) is 21.9. The third-order valence-electron chi connectivity index (χ3n) is 5.41. The number of hydrogen-bond donors (Lipinski definition) is 2. The quantitative estimate of drug-likeness (QED) is 0.153. The third kappa shape index (κ3) is 7.58. The first-order valence-corrected chi connectivity index (χ1v) is 12.3. The van der Waals surface area contributed by atoms with E-state index in [-0.39, 0.29) is 11.4 Å². The van der Waals surface area contributed by atoms with Crippen LogP contribution in [0.5, 0.6) is 0 Å². The Labute approximate surface area is 223 Å². The van der Waals surface area contributed by atoms with Gasteiger partial charge in [-0.15, -0.1) is 0 Å². The maximum atomic E-state index is 13.0. The van der Waals surface area contributed by atoms with E-state index < -0.39 is 16.7 Å². The molecule has 0 fully saturated rings. The number of nitrogens with zero attached hydrogens (tertiary/aromatic N) is 3. The highest BCUT2D eigenvalue weighted by atomic mass is 79.9. The predicted molar refractivity (Wildman–Crippen MR) is 148 cm³/mol. The Morgan fingerprint density at radius 2 is 1.65 bits per heavy atom. The number of benzene rings is 3. The molecule has 0 aromatic heterocycles. The molecule has 0 bridgehead atoms. The van der Waals surface area contributed by atoms with Gasteiger partial charge < -0.3 is 10.2 Å². The first-order valence-electron chi connectivity index (χ1n) is 11.5. The van der Waals surface area contributed by atoms with Crippen LogP contribution in [0.15, 0.2) is 88.1 Å². The molecule has 37 heavy (non-hydrogen) atoms. The Hall–Kier alpha value is -4.31. The highest BCUT2D eigenvalue weighted by Crippen LogP contribution is 2.25. The molecule has 2 N–H and O–H groups in total. The van der Waals surface area contributed by atoms with Gasteiger partial charge in [-0.05, 0) is 71.7 Å². The number of hydrogen-bond acceptors (Lipinski definition) is 6. The van der Waals surface area contributed by atoms with E-state index in [1.807, 2.05) is 24.3 Å². The van der Waals surface area contributed by atoms with Crippen molar-refractivity contribution >= 4 is 51.4 Å². The van der Waals surface area contributed by atoms with E-state index in [0.29, 0.717) is 21.2 Å². The Morgan fingerprint density at radius 3 is 2.27 bits per heavy atom. The molecule has 0 unspecified atom stereocenters. The number of carbonyl (C=O) groups excluding carboxylic acids is 2. The summed E-state index contributed by atoms with van der Waals surface area (Å²) in [5, 5.41) is 17.7. The summed E-state index contributed by atoms with van der Waals surface area (Å²) in [6, 6.07) is 20.6. The van der Waals surface area contributed by atoms with Crippen LogP contribution in [-0.4, -0.2) is 36.0 Å². The number of halogens is 1. The van der Waals surface area contributed by atoms with E-state index in [4.69, 9.17) is 0 Å². The van der Waals surface area contributed by atoms with E-state index in [1.165, 1.54) is 18.3 Å². The van der Waals surface area contributed by atoms with E-state index in [0.717, 1.165) is 18.8 Å². The molecule has 3 aromatic carbocycles. The van der Waals surface area contributed by atoms with Gasteiger partial charge in [0.15, 0.2) is 0 Å². The topological polar surface area (TPSA) is 117 Å². The fourth-order valence-electron chi connectivity index (χ4n) is 3.45. The molecule has 9 nitrogen and oxygen atoms in total. The Kier molecular flexibility index (Phi) is 9.68. The molecule has 0 spiro atoms. The third-order valence-corrected chi connectivity index (χ3v) is 6.08. The fraction of sp³-hybridized carbons (Fsp3) is 0.148. The molecular weight excluding hydrogens is 538 g/mol. The molecular formula is C27H26BrN5O4. The molecule has 10 heteroatoms. The minimum absolute atomic E-state index is 0.0108. The number of amides is 2. The van der Waals surface area contributed by atoms with E-state index in [1.54, 1.807) is 42.5 Å². The zero-order valence-electron chi connectivity index (χ0n) is 20.3. The van der Waals surface area contributed by atoms with E-state index >= 15 is 0 Å². The molecule has 0 saturated heterocycles. The molecule has 0 saturated carbocycles. The van der Waals surface area contributed by atoms with Crippen LogP contribution < -0.4 is 15.6 Å². The molecule has 0 aliphatic heterocycles. The van der Waals surface area contributed by atoms with Crippen LogP contribution in [-0.2, 0) is 4.79 Å². The van der Waals surface area contributed by atoms with Gasteiger partial charge >= 0.3 is 0 Å². The van der Waals surface area contributed by atoms with Crippen molar-refractivity contribution in [1.29, 1.82) is 0 Å². The second-order valence-corrected chi connectivity index (χ2v) is 8.66. The summed E-state index contributed by atoms with van der Waals surface area (Å²) < 4.78 is 0.333. The highest BCUT2D eigenvalue weighted by Gasteiger charge is 2.15. The number of nitro benzene ring substituents is 1. The number of carbonyl (C=O) groups is 2. The highest BCUT2D eigenvalue weighted by molar-refractivity contribution is 9.10. The van der Waals surface area contributed by atoms with Gasteiger partial charge in [-0.25, -0.2) is 5.43 Å². The van der Waals surface area contributed by atoms with Gasteiger partial charge in [0.2, 0.25) is 0 Å². The van der Waals surface area contributed by atoms with Crippen LogP contribution in [0.4, 0.5) is 11.4 Å². The van der Waals surface area contributed by atoms with Gasteiger partial charge in [0.05, 0.1) is 15.6 Å². The second kappa shape index (κ2) is 13.1. The van der Waals surface area contributed by atoms with Crippen molar-refractivity contribution in [3.8, 4) is 0 Å². The van der Waals surface area contributed by atoms with Crippen molar-refractivity contribution in [3.05, 3.63) is 110 Å². The summed E-state index contributed by atoms with van der Waals surface area (Å²) in [5.74, 6) is -1.10. The molecule has 2 amide bonds. The standard InChI is InChI=1S/C27H26BrN5O4/c1-3-32(4-2)22-13-10-19(11-14-22)16-24(30-26(34)21-8-6-5-7-9-21)27(35)31-29-18-20-12-15-23(28)25(17-20)33(36)37/h5-18H,3-4H2,1-2H3,(H,30,34)(H,31,35)/b24-16+,29-18?. The van der Waals surface area contributed by atoms with Gasteiger partial charge in [-0.2, -0.15) is 5.10 Å². The second-order valence-electron chi connectivity index (χ2n) is 7.81. The van der Waals surface area contributed by atoms with E-state index in [2.05, 4.69) is 50.5 Å². The smallest absolute Gasteiger partial charge is 0.287 e. The number of nitrogens with one attached hydrogen (secondary N) is 2. The lowest BCUT2D eigenvalue weighted by atomic mass is 10.1. The van der Waals surface area contributed by atoms with Gasteiger partial charge in [0.25, 0.3) is 17.5 Å². The molecule has 190 valence electrons. The van der Waals surface area contributed by atoms with Crippen molar-refractivity contribution in [1.82, 2.24) is 10.7 Å². The number of anilines is 1. The summed E-state index contributed by atoms with van der Waals surface area (Å²) in [4.78, 5) is 38.5. The van der Waals surface area contributed by atoms with Gasteiger partial charge in [-0.3, -0.25) is 19.7 Å². The van der Waals surface area contributed by atoms with Crippen molar-refractivity contribution in [2.45, 2.75) is 13.8 Å². The number of rotatable bonds is 10. The minimum Gasteiger partial charge on any atom is -0.372 e. The lowest BCUT2D eigenvalue weighted by Gasteiger charge is -2.20. The van der Waals surface area contributed by atoms with Gasteiger partial charge in [0.1, 0.15) is 5.70 Å². The Morgan fingerprint density at radius 1 is 1.00 bits per heavy atom.